The van der Waals surface area contributed by atoms with Crippen molar-refractivity contribution in [3.8, 4) is 5.75 Å². The average molecular weight is 790 g/mol. The van der Waals surface area contributed by atoms with Gasteiger partial charge in [0.2, 0.25) is 23.6 Å². The van der Waals surface area contributed by atoms with E-state index in [1.807, 2.05) is 30.3 Å². The van der Waals surface area contributed by atoms with Crippen LogP contribution in [0.25, 0.3) is 0 Å². The van der Waals surface area contributed by atoms with Gasteiger partial charge in [-0.1, -0.05) is 86.6 Å². The molecule has 0 spiro atoms. The number of nitrogens with one attached hydrogen (secondary N) is 5. The van der Waals surface area contributed by atoms with Crippen molar-refractivity contribution in [1.82, 2.24) is 26.6 Å². The van der Waals surface area contributed by atoms with Crippen LogP contribution < -0.4 is 31.3 Å². The topological polar surface area (TPSA) is 210 Å². The van der Waals surface area contributed by atoms with E-state index in [0.29, 0.717) is 23.5 Å². The third-order valence-electron chi connectivity index (χ3n) is 8.45. The predicted molar refractivity (Wildman–Crippen MR) is 212 cm³/mol. The molecule has 0 bridgehead atoms. The number of hydrogen-bond donors (Lipinski definition) is 6. The van der Waals surface area contributed by atoms with Crippen molar-refractivity contribution in [3.63, 3.8) is 0 Å². The van der Waals surface area contributed by atoms with E-state index in [2.05, 4.69) is 26.6 Å². The molecule has 0 fully saturated rings. The minimum Gasteiger partial charge on any atom is -0.489 e. The summed E-state index contributed by atoms with van der Waals surface area (Å²) in [4.78, 5) is 79.1. The van der Waals surface area contributed by atoms with Crippen molar-refractivity contribution >= 4 is 35.7 Å². The van der Waals surface area contributed by atoms with Crippen LogP contribution in [0.5, 0.6) is 5.75 Å². The van der Waals surface area contributed by atoms with Crippen LogP contribution in [-0.2, 0) is 52.9 Å². The fourth-order valence-corrected chi connectivity index (χ4v) is 5.48. The number of carbonyl (C=O) groups is 6. The van der Waals surface area contributed by atoms with E-state index in [-0.39, 0.29) is 12.8 Å². The Kier molecular flexibility index (Phi) is 17.5. The van der Waals surface area contributed by atoms with Crippen molar-refractivity contribution in [3.05, 3.63) is 102 Å². The lowest BCUT2D eigenvalue weighted by molar-refractivity contribution is -0.148. The van der Waals surface area contributed by atoms with E-state index in [9.17, 15) is 33.9 Å². The Morgan fingerprint density at radius 1 is 0.649 bits per heavy atom. The molecular weight excluding hydrogens is 734 g/mol. The molecule has 15 heteroatoms. The highest BCUT2D eigenvalue weighted by atomic mass is 16.6. The van der Waals surface area contributed by atoms with Crippen LogP contribution in [0, 0.1) is 5.92 Å². The summed E-state index contributed by atoms with van der Waals surface area (Å²) in [6.45, 7) is 9.64. The number of rotatable bonds is 19. The monoisotopic (exact) mass is 789 g/mol. The molecule has 0 unspecified atom stereocenters. The van der Waals surface area contributed by atoms with Crippen LogP contribution in [-0.4, -0.2) is 90.3 Å². The van der Waals surface area contributed by atoms with Crippen LogP contribution in [0.2, 0.25) is 0 Å². The maximum atomic E-state index is 14.2. The molecule has 5 atom stereocenters. The van der Waals surface area contributed by atoms with Gasteiger partial charge in [-0.3, -0.25) is 19.2 Å². The number of esters is 1. The number of methoxy groups -OCH3 is 1. The zero-order valence-electron chi connectivity index (χ0n) is 33.5. The van der Waals surface area contributed by atoms with Crippen molar-refractivity contribution in [1.29, 1.82) is 0 Å². The second kappa shape index (κ2) is 22.0. The van der Waals surface area contributed by atoms with Crippen molar-refractivity contribution in [2.45, 2.75) is 96.9 Å². The first-order valence-electron chi connectivity index (χ1n) is 18.7. The Labute approximate surface area is 333 Å². The fraction of sp³-hybridized carbons (Fsp3) is 0.429. The Hall–Kier alpha value is -5.96. The Morgan fingerprint density at radius 3 is 1.67 bits per heavy atom. The summed E-state index contributed by atoms with van der Waals surface area (Å²) in [7, 11) is 1.12. The van der Waals surface area contributed by atoms with E-state index >= 15 is 0 Å². The van der Waals surface area contributed by atoms with Gasteiger partial charge < -0.3 is 45.9 Å². The summed E-state index contributed by atoms with van der Waals surface area (Å²) < 4.78 is 15.8. The molecule has 0 radical (unpaired) electrons. The lowest BCUT2D eigenvalue weighted by Gasteiger charge is -2.28. The first kappa shape index (κ1) is 45.4. The van der Waals surface area contributed by atoms with Crippen molar-refractivity contribution in [2.75, 3.05) is 13.7 Å². The highest BCUT2D eigenvalue weighted by Crippen LogP contribution is 2.16. The highest BCUT2D eigenvalue weighted by molar-refractivity contribution is 5.96. The van der Waals surface area contributed by atoms with Gasteiger partial charge in [-0.15, -0.1) is 0 Å². The summed E-state index contributed by atoms with van der Waals surface area (Å²) in [5.41, 5.74) is 1.52. The van der Waals surface area contributed by atoms with Gasteiger partial charge >= 0.3 is 12.1 Å². The predicted octanol–water partition coefficient (Wildman–Crippen LogP) is 2.72. The highest BCUT2D eigenvalue weighted by Gasteiger charge is 2.34. The average Bonchev–Trinajstić information content (AvgIpc) is 3.16. The molecule has 0 heterocycles. The standard InChI is InChI=1S/C42H55N5O10/c1-26(2)35(46-34(49)24-43-41(54)57-42(4,5)6)39(52)45-32(22-28-14-10-8-11-15-28)37(50)44-33(38(51)47-36(27(3)48)40(53)55-7)23-29-18-20-31(21-19-29)56-25-30-16-12-9-13-17-30/h8-21,26-27,32-33,35-36,48H,22-25H2,1-7H3,(H,43,54)(H,44,50)(H,45,52)(H,46,49)(H,47,51)/t27-,32+,33+,35+,36-/m1/s1. The number of amides is 5. The molecule has 3 rings (SSSR count). The van der Waals surface area contributed by atoms with Crippen LogP contribution in [0.1, 0.15) is 58.2 Å². The second-order valence-electron chi connectivity index (χ2n) is 14.8. The number of ether oxygens (including phenoxy) is 3. The zero-order valence-corrected chi connectivity index (χ0v) is 33.5. The van der Waals surface area contributed by atoms with Crippen molar-refractivity contribution < 1.29 is 48.1 Å². The molecule has 0 aliphatic heterocycles. The molecule has 0 saturated heterocycles. The Bertz CT molecular complexity index is 1780. The maximum absolute atomic E-state index is 14.2. The second-order valence-corrected chi connectivity index (χ2v) is 14.8. The molecule has 0 aromatic heterocycles. The molecule has 3 aromatic rings. The summed E-state index contributed by atoms with van der Waals surface area (Å²) in [6, 6.07) is 20.3. The largest absolute Gasteiger partial charge is 0.489 e. The van der Waals surface area contributed by atoms with Gasteiger partial charge in [0, 0.05) is 12.8 Å². The molecule has 0 saturated carbocycles. The van der Waals surface area contributed by atoms with Crippen LogP contribution in [0.3, 0.4) is 0 Å². The molecule has 308 valence electrons. The zero-order chi connectivity index (χ0) is 42.1. The molecule has 57 heavy (non-hydrogen) atoms. The van der Waals surface area contributed by atoms with Crippen LogP contribution >= 0.6 is 0 Å². The van der Waals surface area contributed by atoms with E-state index in [0.717, 1.165) is 12.7 Å². The van der Waals surface area contributed by atoms with E-state index in [1.54, 1.807) is 89.2 Å². The molecule has 5 amide bonds. The van der Waals surface area contributed by atoms with E-state index in [1.165, 1.54) is 6.92 Å². The summed E-state index contributed by atoms with van der Waals surface area (Å²) in [5, 5.41) is 23.2. The van der Waals surface area contributed by atoms with Crippen LogP contribution in [0.15, 0.2) is 84.9 Å². The van der Waals surface area contributed by atoms with E-state index in [4.69, 9.17) is 14.2 Å². The lowest BCUT2D eigenvalue weighted by Crippen LogP contribution is -2.60. The maximum Gasteiger partial charge on any atom is 0.408 e. The third kappa shape index (κ3) is 16.0. The summed E-state index contributed by atoms with van der Waals surface area (Å²) in [6.07, 6.45) is -2.17. The molecular formula is C42H55N5O10. The molecule has 3 aromatic carbocycles. The summed E-state index contributed by atoms with van der Waals surface area (Å²) >= 11 is 0. The van der Waals surface area contributed by atoms with Crippen molar-refractivity contribution in [2.24, 2.45) is 5.92 Å². The SMILES string of the molecule is COC(=O)[C@H](NC(=O)[C@H](Cc1ccc(OCc2ccccc2)cc1)NC(=O)[C@H](Cc1ccccc1)NC(=O)[C@@H](NC(=O)CNC(=O)OC(C)(C)C)C(C)C)[C@@H](C)O. The van der Waals surface area contributed by atoms with Gasteiger partial charge in [-0.25, -0.2) is 9.59 Å². The molecule has 15 nitrogen and oxygen atoms in total. The Morgan fingerprint density at radius 2 is 1.16 bits per heavy atom. The number of hydrogen-bond acceptors (Lipinski definition) is 10. The molecule has 6 N–H and O–H groups in total. The first-order chi connectivity index (χ1) is 26.9. The summed E-state index contributed by atoms with van der Waals surface area (Å²) in [5.74, 6) is -3.62. The smallest absolute Gasteiger partial charge is 0.408 e. The lowest BCUT2D eigenvalue weighted by atomic mass is 10.00. The minimum atomic E-state index is -1.43. The van der Waals surface area contributed by atoms with Gasteiger partial charge in [-0.2, -0.15) is 0 Å². The minimum absolute atomic E-state index is 0.0115. The van der Waals surface area contributed by atoms with E-state index < -0.39 is 84.0 Å². The van der Waals surface area contributed by atoms with Gasteiger partial charge in [-0.05, 0) is 62.4 Å². The number of aliphatic hydroxyl groups is 1. The third-order valence-corrected chi connectivity index (χ3v) is 8.45. The number of benzene rings is 3. The molecule has 0 aliphatic carbocycles. The van der Waals surface area contributed by atoms with Gasteiger partial charge in [0.05, 0.1) is 13.2 Å². The normalized spacial score (nSPS) is 13.8. The van der Waals surface area contributed by atoms with Gasteiger partial charge in [0.25, 0.3) is 0 Å². The fourth-order valence-electron chi connectivity index (χ4n) is 5.48. The quantitative estimate of drug-likeness (QED) is 0.0979. The number of carbonyl (C=O) groups excluding carboxylic acids is 6. The van der Waals surface area contributed by atoms with Gasteiger partial charge in [0.15, 0.2) is 6.04 Å². The number of alkyl carbamates (subject to hydrolysis) is 1. The first-order valence-corrected chi connectivity index (χ1v) is 18.7. The molecule has 0 aliphatic rings. The Balaban J connectivity index is 1.85. The van der Waals surface area contributed by atoms with Crippen LogP contribution in [0.4, 0.5) is 4.79 Å². The number of aliphatic hydroxyl groups excluding tert-OH is 1. The van der Waals surface area contributed by atoms with Gasteiger partial charge in [0.1, 0.15) is 42.6 Å².